The number of rotatable bonds is 4. The first-order chi connectivity index (χ1) is 14.8. The number of hydrogen-bond acceptors (Lipinski definition) is 5. The minimum Gasteiger partial charge on any atom is -0.508 e. The highest BCUT2D eigenvalue weighted by Gasteiger charge is 2.48. The number of urea groups is 1. The van der Waals surface area contributed by atoms with E-state index >= 15 is 0 Å². The van der Waals surface area contributed by atoms with Gasteiger partial charge in [-0.2, -0.15) is 0 Å². The van der Waals surface area contributed by atoms with Gasteiger partial charge in [-0.3, -0.25) is 15.0 Å². The molecular weight excluding hydrogens is 396 g/mol. The molecule has 0 unspecified atom stereocenters. The van der Waals surface area contributed by atoms with E-state index in [0.717, 1.165) is 5.56 Å². The van der Waals surface area contributed by atoms with Crippen LogP contribution in [-0.4, -0.2) is 52.3 Å². The third-order valence-corrected chi connectivity index (χ3v) is 5.20. The van der Waals surface area contributed by atoms with Gasteiger partial charge in [0.2, 0.25) is 0 Å². The molecule has 158 valence electrons. The van der Waals surface area contributed by atoms with Crippen LogP contribution < -0.4 is 10.6 Å². The van der Waals surface area contributed by atoms with Gasteiger partial charge in [-0.1, -0.05) is 24.0 Å². The van der Waals surface area contributed by atoms with Gasteiger partial charge in [-0.25, -0.2) is 4.79 Å². The monoisotopic (exact) mass is 418 g/mol. The van der Waals surface area contributed by atoms with Crippen LogP contribution in [0, 0.1) is 11.8 Å². The molecule has 1 atom stereocenters. The summed E-state index contributed by atoms with van der Waals surface area (Å²) >= 11 is 0. The third kappa shape index (κ3) is 3.79. The van der Waals surface area contributed by atoms with Gasteiger partial charge < -0.3 is 20.1 Å². The summed E-state index contributed by atoms with van der Waals surface area (Å²) in [4.78, 5) is 26.9. The summed E-state index contributed by atoms with van der Waals surface area (Å²) in [6.45, 7) is 0.595. The molecule has 1 fully saturated rings. The second-order valence-corrected chi connectivity index (χ2v) is 7.78. The number of aromatic hydroxyl groups is 2. The number of benzene rings is 2. The van der Waals surface area contributed by atoms with Crippen LogP contribution in [0.25, 0.3) is 10.8 Å². The highest BCUT2D eigenvalue weighted by molar-refractivity contribution is 6.07. The molecule has 1 aliphatic heterocycles. The molecule has 2 aromatic carbocycles. The Bertz CT molecular complexity index is 1230. The normalized spacial score (nSPS) is 18.0. The fourth-order valence-electron chi connectivity index (χ4n) is 3.65. The zero-order chi connectivity index (χ0) is 22.2. The van der Waals surface area contributed by atoms with E-state index in [0.29, 0.717) is 22.9 Å². The van der Waals surface area contributed by atoms with Gasteiger partial charge in [-0.05, 0) is 50.0 Å². The summed E-state index contributed by atoms with van der Waals surface area (Å²) < 4.78 is 1.49. The van der Waals surface area contributed by atoms with Crippen molar-refractivity contribution < 1.29 is 19.8 Å². The van der Waals surface area contributed by atoms with E-state index in [9.17, 15) is 19.8 Å². The summed E-state index contributed by atoms with van der Waals surface area (Å²) in [5.74, 6) is 5.52. The Labute approximate surface area is 179 Å². The van der Waals surface area contributed by atoms with E-state index in [1.807, 2.05) is 19.0 Å². The molecule has 3 aromatic rings. The van der Waals surface area contributed by atoms with E-state index in [1.165, 1.54) is 16.7 Å². The number of amides is 3. The largest absolute Gasteiger partial charge is 0.508 e. The van der Waals surface area contributed by atoms with Gasteiger partial charge in [0, 0.05) is 22.5 Å². The molecule has 0 aliphatic carbocycles. The van der Waals surface area contributed by atoms with Crippen molar-refractivity contribution in [2.45, 2.75) is 12.1 Å². The van der Waals surface area contributed by atoms with Crippen molar-refractivity contribution in [2.75, 3.05) is 20.6 Å². The summed E-state index contributed by atoms with van der Waals surface area (Å²) in [6, 6.07) is 11.1. The Balaban J connectivity index is 1.72. The van der Waals surface area contributed by atoms with Crippen LogP contribution in [0.5, 0.6) is 11.6 Å². The number of phenolic OH excluding ortho intramolecular Hbond substituents is 1. The first kappa shape index (κ1) is 20.3. The average molecular weight is 418 g/mol. The Morgan fingerprint density at radius 2 is 1.84 bits per heavy atom. The van der Waals surface area contributed by atoms with Crippen LogP contribution in [0.4, 0.5) is 4.79 Å². The van der Waals surface area contributed by atoms with E-state index in [-0.39, 0.29) is 18.2 Å². The maximum atomic E-state index is 12.9. The Kier molecular flexibility index (Phi) is 5.05. The number of hydrogen-bond donors (Lipinski definition) is 4. The molecule has 4 N–H and O–H groups in total. The third-order valence-electron chi connectivity index (χ3n) is 5.20. The zero-order valence-corrected chi connectivity index (χ0v) is 17.1. The highest BCUT2D eigenvalue weighted by Crippen LogP contribution is 2.34. The Morgan fingerprint density at radius 1 is 1.10 bits per heavy atom. The maximum absolute atomic E-state index is 12.9. The maximum Gasteiger partial charge on any atom is 0.322 e. The second kappa shape index (κ2) is 7.70. The summed E-state index contributed by atoms with van der Waals surface area (Å²) in [5, 5.41) is 26.5. The lowest BCUT2D eigenvalue weighted by atomic mass is 9.89. The first-order valence-corrected chi connectivity index (χ1v) is 9.67. The quantitative estimate of drug-likeness (QED) is 0.381. The minimum atomic E-state index is -1.40. The van der Waals surface area contributed by atoms with Gasteiger partial charge in [0.25, 0.3) is 5.91 Å². The average Bonchev–Trinajstić information content (AvgIpc) is 3.18. The van der Waals surface area contributed by atoms with Crippen molar-refractivity contribution in [3.05, 3.63) is 59.8 Å². The smallest absolute Gasteiger partial charge is 0.322 e. The molecule has 0 spiro atoms. The Hall–Kier alpha value is -3.96. The van der Waals surface area contributed by atoms with Crippen LogP contribution >= 0.6 is 0 Å². The van der Waals surface area contributed by atoms with Crippen molar-refractivity contribution in [2.24, 2.45) is 0 Å². The fraction of sp³-hybridized carbons (Fsp3) is 0.217. The van der Waals surface area contributed by atoms with Crippen molar-refractivity contribution in [3.63, 3.8) is 0 Å². The number of nitrogens with one attached hydrogen (secondary N) is 2. The van der Waals surface area contributed by atoms with Crippen molar-refractivity contribution in [1.82, 2.24) is 20.1 Å². The van der Waals surface area contributed by atoms with Crippen molar-refractivity contribution >= 4 is 22.7 Å². The molecule has 8 heteroatoms. The van der Waals surface area contributed by atoms with E-state index in [1.54, 1.807) is 36.5 Å². The number of nitrogens with zero attached hydrogens (tertiary/aromatic N) is 2. The van der Waals surface area contributed by atoms with Crippen molar-refractivity contribution in [3.8, 4) is 23.5 Å². The summed E-state index contributed by atoms with van der Waals surface area (Å²) in [6.07, 6.45) is 1.67. The van der Waals surface area contributed by atoms with Crippen molar-refractivity contribution in [1.29, 1.82) is 0 Å². The van der Waals surface area contributed by atoms with E-state index in [4.69, 9.17) is 0 Å². The van der Waals surface area contributed by atoms with Crippen LogP contribution in [0.1, 0.15) is 11.1 Å². The molecule has 0 saturated carbocycles. The van der Waals surface area contributed by atoms with E-state index < -0.39 is 17.5 Å². The topological polar surface area (TPSA) is 107 Å². The summed E-state index contributed by atoms with van der Waals surface area (Å²) in [7, 11) is 3.87. The molecule has 3 amide bonds. The second-order valence-electron chi connectivity index (χ2n) is 7.78. The fourth-order valence-corrected chi connectivity index (χ4v) is 3.65. The lowest BCUT2D eigenvalue weighted by Gasteiger charge is -2.27. The highest BCUT2D eigenvalue weighted by atomic mass is 16.3. The standard InChI is InChI=1S/C23H22N4O4/c1-26(2)11-3-4-15-5-8-17(9-6-15)23(21(30)24-22(31)25-23)14-27-13-16-7-10-18(28)12-19(16)20(27)29/h5-10,12-13,28-29H,11,14H2,1-2H3,(H2,24,25,30,31)/t23-/m0/s1. The minimum absolute atomic E-state index is 0.0214. The first-order valence-electron chi connectivity index (χ1n) is 9.67. The number of phenols is 1. The lowest BCUT2D eigenvalue weighted by Crippen LogP contribution is -2.47. The molecular formula is C23H22N4O4. The predicted octanol–water partition coefficient (Wildman–Crippen LogP) is 1.70. The number of carbonyl (C=O) groups is 2. The zero-order valence-electron chi connectivity index (χ0n) is 17.1. The molecule has 1 saturated heterocycles. The number of fused-ring (bicyclic) bond motifs is 1. The van der Waals surface area contributed by atoms with Crippen LogP contribution in [0.3, 0.4) is 0 Å². The molecule has 0 bridgehead atoms. The van der Waals surface area contributed by atoms with Gasteiger partial charge >= 0.3 is 6.03 Å². The van der Waals surface area contributed by atoms with Gasteiger partial charge in [0.15, 0.2) is 11.4 Å². The Morgan fingerprint density at radius 3 is 2.48 bits per heavy atom. The summed E-state index contributed by atoms with van der Waals surface area (Å²) in [5.41, 5.74) is -0.0501. The number of imide groups is 1. The molecule has 8 nitrogen and oxygen atoms in total. The molecule has 1 aromatic heterocycles. The van der Waals surface area contributed by atoms with E-state index in [2.05, 4.69) is 22.5 Å². The van der Waals surface area contributed by atoms with Gasteiger partial charge in [0.05, 0.1) is 13.1 Å². The molecule has 4 rings (SSSR count). The molecule has 0 radical (unpaired) electrons. The predicted molar refractivity (Wildman–Crippen MR) is 115 cm³/mol. The van der Waals surface area contributed by atoms with Crippen LogP contribution in [0.2, 0.25) is 0 Å². The molecule has 2 heterocycles. The van der Waals surface area contributed by atoms with Gasteiger partial charge in [-0.15, -0.1) is 0 Å². The SMILES string of the molecule is CN(C)CC#Cc1ccc([C@]2(Cn3cc4ccc(O)cc4c3O)NC(=O)NC2=O)cc1. The van der Waals surface area contributed by atoms with Gasteiger partial charge in [0.1, 0.15) is 5.75 Å². The van der Waals surface area contributed by atoms with Crippen LogP contribution in [-0.2, 0) is 16.9 Å². The lowest BCUT2D eigenvalue weighted by molar-refractivity contribution is -0.124. The number of aromatic nitrogens is 1. The van der Waals surface area contributed by atoms with Crippen LogP contribution in [0.15, 0.2) is 48.7 Å². The molecule has 1 aliphatic rings. The molecule has 31 heavy (non-hydrogen) atoms. The number of carbonyl (C=O) groups excluding carboxylic acids is 2.